The van der Waals surface area contributed by atoms with Gasteiger partial charge in [0.05, 0.1) is 30.3 Å². The van der Waals surface area contributed by atoms with Gasteiger partial charge in [0.2, 0.25) is 0 Å². The molecule has 6 nitrogen and oxygen atoms in total. The Kier molecular flexibility index (Phi) is 5.70. The molecule has 156 valence electrons. The van der Waals surface area contributed by atoms with E-state index < -0.39 is 0 Å². The second kappa shape index (κ2) is 8.57. The molecule has 1 fully saturated rings. The first-order valence-corrected chi connectivity index (χ1v) is 10.1. The smallest absolute Gasteiger partial charge is 0.257 e. The van der Waals surface area contributed by atoms with Crippen molar-refractivity contribution in [3.63, 3.8) is 0 Å². The van der Waals surface area contributed by atoms with Gasteiger partial charge >= 0.3 is 0 Å². The number of amides is 1. The number of aromatic nitrogens is 2. The van der Waals surface area contributed by atoms with Crippen LogP contribution in [0.15, 0.2) is 54.7 Å². The van der Waals surface area contributed by atoms with Gasteiger partial charge in [-0.05, 0) is 55.0 Å². The summed E-state index contributed by atoms with van der Waals surface area (Å²) in [5.74, 6) is 0.530. The van der Waals surface area contributed by atoms with E-state index in [2.05, 4.69) is 10.00 Å². The molecule has 0 bridgehead atoms. The van der Waals surface area contributed by atoms with E-state index in [0.717, 1.165) is 35.9 Å². The van der Waals surface area contributed by atoms with Crippen LogP contribution in [0, 0.1) is 5.82 Å². The van der Waals surface area contributed by atoms with Gasteiger partial charge in [-0.15, -0.1) is 0 Å². The summed E-state index contributed by atoms with van der Waals surface area (Å²) in [6, 6.07) is 14.1. The first-order chi connectivity index (χ1) is 14.6. The molecule has 1 amide bonds. The number of nitrogens with zero attached hydrogens (tertiary/aromatic N) is 4. The molecular formula is C23H25FN4O2. The number of rotatable bonds is 5. The van der Waals surface area contributed by atoms with Crippen molar-refractivity contribution in [1.29, 1.82) is 0 Å². The molecule has 0 spiro atoms. The lowest BCUT2D eigenvalue weighted by molar-refractivity contribution is 0.0745. The molecule has 1 aliphatic heterocycles. The van der Waals surface area contributed by atoms with E-state index in [1.807, 2.05) is 36.1 Å². The van der Waals surface area contributed by atoms with Crippen LogP contribution in [0.5, 0.6) is 5.75 Å². The van der Waals surface area contributed by atoms with Crippen molar-refractivity contribution in [2.75, 3.05) is 38.2 Å². The summed E-state index contributed by atoms with van der Waals surface area (Å²) in [4.78, 5) is 17.3. The third-order valence-corrected chi connectivity index (χ3v) is 5.51. The maximum absolute atomic E-state index is 13.3. The molecule has 0 atom stereocenters. The number of hydrogen-bond acceptors (Lipinski definition) is 4. The Morgan fingerprint density at radius 3 is 2.23 bits per heavy atom. The van der Waals surface area contributed by atoms with Crippen molar-refractivity contribution >= 4 is 11.6 Å². The lowest BCUT2D eigenvalue weighted by Crippen LogP contribution is -2.48. The number of methoxy groups -OCH3 is 1. The lowest BCUT2D eigenvalue weighted by Gasteiger charge is -2.36. The molecule has 1 aliphatic rings. The number of benzene rings is 2. The third-order valence-electron chi connectivity index (χ3n) is 5.51. The second-order valence-electron chi connectivity index (χ2n) is 7.22. The standard InChI is InChI=1S/C23H25FN4O2/c1-3-22-21(16-25-28(22)19-6-4-17(24)5-7-19)23(29)27-14-12-26(13-15-27)18-8-10-20(30-2)11-9-18/h4-11,16H,3,12-15H2,1-2H3. The Labute approximate surface area is 175 Å². The average Bonchev–Trinajstić information content (AvgIpc) is 3.23. The molecular weight excluding hydrogens is 383 g/mol. The van der Waals surface area contributed by atoms with Crippen LogP contribution in [-0.4, -0.2) is 53.9 Å². The Hall–Kier alpha value is -3.35. The first kappa shape index (κ1) is 19.9. The van der Waals surface area contributed by atoms with E-state index in [-0.39, 0.29) is 11.7 Å². The van der Waals surface area contributed by atoms with Crippen molar-refractivity contribution in [2.45, 2.75) is 13.3 Å². The van der Waals surface area contributed by atoms with E-state index in [4.69, 9.17) is 4.74 Å². The summed E-state index contributed by atoms with van der Waals surface area (Å²) in [6.45, 7) is 4.83. The Balaban J connectivity index is 1.47. The number of ether oxygens (including phenoxy) is 1. The van der Waals surface area contributed by atoms with Crippen LogP contribution >= 0.6 is 0 Å². The van der Waals surface area contributed by atoms with Gasteiger partial charge in [0, 0.05) is 31.9 Å². The predicted octanol–water partition coefficient (Wildman–Crippen LogP) is 3.54. The molecule has 4 rings (SSSR count). The second-order valence-corrected chi connectivity index (χ2v) is 7.22. The third kappa shape index (κ3) is 3.87. The number of carbonyl (C=O) groups is 1. The summed E-state index contributed by atoms with van der Waals surface area (Å²) < 4.78 is 20.2. The zero-order chi connectivity index (χ0) is 21.1. The van der Waals surface area contributed by atoms with E-state index in [9.17, 15) is 9.18 Å². The first-order valence-electron chi connectivity index (χ1n) is 10.1. The van der Waals surface area contributed by atoms with Crippen molar-refractivity contribution in [3.8, 4) is 11.4 Å². The van der Waals surface area contributed by atoms with Gasteiger partial charge in [-0.3, -0.25) is 4.79 Å². The maximum atomic E-state index is 13.3. The van der Waals surface area contributed by atoms with E-state index >= 15 is 0 Å². The average molecular weight is 408 g/mol. The van der Waals surface area contributed by atoms with Gasteiger partial charge in [0.25, 0.3) is 5.91 Å². The molecule has 1 saturated heterocycles. The molecule has 1 aromatic heterocycles. The SMILES string of the molecule is CCc1c(C(=O)N2CCN(c3ccc(OC)cc3)CC2)cnn1-c1ccc(F)cc1. The fourth-order valence-corrected chi connectivity index (χ4v) is 3.83. The summed E-state index contributed by atoms with van der Waals surface area (Å²) in [5, 5.41) is 4.41. The highest BCUT2D eigenvalue weighted by atomic mass is 19.1. The highest BCUT2D eigenvalue weighted by Crippen LogP contribution is 2.22. The van der Waals surface area contributed by atoms with Crippen LogP contribution in [0.2, 0.25) is 0 Å². The van der Waals surface area contributed by atoms with Crippen molar-refractivity contribution < 1.29 is 13.9 Å². The van der Waals surface area contributed by atoms with Crippen LogP contribution in [-0.2, 0) is 6.42 Å². The van der Waals surface area contributed by atoms with Gasteiger partial charge in [0.1, 0.15) is 11.6 Å². The zero-order valence-corrected chi connectivity index (χ0v) is 17.2. The summed E-state index contributed by atoms with van der Waals surface area (Å²) in [6.07, 6.45) is 2.28. The zero-order valence-electron chi connectivity index (χ0n) is 17.2. The number of anilines is 1. The van der Waals surface area contributed by atoms with Crippen LogP contribution in [0.4, 0.5) is 10.1 Å². The number of halogens is 1. The maximum Gasteiger partial charge on any atom is 0.257 e. The molecule has 0 saturated carbocycles. The summed E-state index contributed by atoms with van der Waals surface area (Å²) in [5.41, 5.74) is 3.32. The molecule has 0 N–H and O–H groups in total. The minimum Gasteiger partial charge on any atom is -0.497 e. The molecule has 0 radical (unpaired) electrons. The normalized spacial score (nSPS) is 14.1. The molecule has 7 heteroatoms. The predicted molar refractivity (Wildman–Crippen MR) is 114 cm³/mol. The molecule has 0 unspecified atom stereocenters. The Morgan fingerprint density at radius 1 is 1.00 bits per heavy atom. The number of carbonyl (C=O) groups excluding carboxylic acids is 1. The van der Waals surface area contributed by atoms with Gasteiger partial charge in [-0.25, -0.2) is 9.07 Å². The quantitative estimate of drug-likeness (QED) is 0.648. The highest BCUT2D eigenvalue weighted by molar-refractivity contribution is 5.95. The van der Waals surface area contributed by atoms with E-state index in [0.29, 0.717) is 25.1 Å². The fraction of sp³-hybridized carbons (Fsp3) is 0.304. The van der Waals surface area contributed by atoms with Crippen LogP contribution < -0.4 is 9.64 Å². The summed E-state index contributed by atoms with van der Waals surface area (Å²) in [7, 11) is 1.65. The van der Waals surface area contributed by atoms with Crippen molar-refractivity contribution in [1.82, 2.24) is 14.7 Å². The van der Waals surface area contributed by atoms with Crippen molar-refractivity contribution in [3.05, 3.63) is 71.8 Å². The Bertz CT molecular complexity index is 1010. The minimum absolute atomic E-state index is 0.00501. The lowest BCUT2D eigenvalue weighted by atomic mass is 10.1. The van der Waals surface area contributed by atoms with E-state index in [1.54, 1.807) is 30.1 Å². The molecule has 0 aliphatic carbocycles. The van der Waals surface area contributed by atoms with Crippen LogP contribution in [0.3, 0.4) is 0 Å². The highest BCUT2D eigenvalue weighted by Gasteiger charge is 2.26. The number of piperazine rings is 1. The van der Waals surface area contributed by atoms with Gasteiger partial charge < -0.3 is 14.5 Å². The molecule has 2 aromatic carbocycles. The van der Waals surface area contributed by atoms with Crippen LogP contribution in [0.1, 0.15) is 23.0 Å². The fourth-order valence-electron chi connectivity index (χ4n) is 3.83. The number of hydrogen-bond donors (Lipinski definition) is 0. The largest absolute Gasteiger partial charge is 0.497 e. The van der Waals surface area contributed by atoms with Crippen molar-refractivity contribution in [2.24, 2.45) is 0 Å². The van der Waals surface area contributed by atoms with Gasteiger partial charge in [0.15, 0.2) is 0 Å². The van der Waals surface area contributed by atoms with E-state index in [1.165, 1.54) is 12.1 Å². The topological polar surface area (TPSA) is 50.6 Å². The molecule has 3 aromatic rings. The molecule has 2 heterocycles. The molecule has 30 heavy (non-hydrogen) atoms. The summed E-state index contributed by atoms with van der Waals surface area (Å²) >= 11 is 0. The van der Waals surface area contributed by atoms with Crippen LogP contribution in [0.25, 0.3) is 5.69 Å². The minimum atomic E-state index is -0.296. The monoisotopic (exact) mass is 408 g/mol. The van der Waals surface area contributed by atoms with Gasteiger partial charge in [-0.1, -0.05) is 6.92 Å². The Morgan fingerprint density at radius 2 is 1.63 bits per heavy atom. The van der Waals surface area contributed by atoms with Gasteiger partial charge in [-0.2, -0.15) is 5.10 Å².